The zero-order chi connectivity index (χ0) is 25.7. The van der Waals surface area contributed by atoms with Crippen LogP contribution in [0.4, 0.5) is 0 Å². The summed E-state index contributed by atoms with van der Waals surface area (Å²) in [7, 11) is 0. The lowest BCUT2D eigenvalue weighted by Crippen LogP contribution is -2.58. The van der Waals surface area contributed by atoms with Gasteiger partial charge in [0.25, 0.3) is 0 Å². The summed E-state index contributed by atoms with van der Waals surface area (Å²) in [6.45, 7) is -0.775. The number of carbonyl (C=O) groups excluding carboxylic acids is 3. The first-order valence-corrected chi connectivity index (χ1v) is 11.7. The van der Waals surface area contributed by atoms with Gasteiger partial charge in [0.15, 0.2) is 0 Å². The molecule has 188 valence electrons. The maximum absolute atomic E-state index is 12.6. The Labute approximate surface area is 200 Å². The summed E-state index contributed by atoms with van der Waals surface area (Å²) in [5, 5.41) is 34.4. The van der Waals surface area contributed by atoms with Crippen LogP contribution in [0.15, 0.2) is 30.3 Å². The molecule has 34 heavy (non-hydrogen) atoms. The number of benzene rings is 1. The van der Waals surface area contributed by atoms with Crippen LogP contribution >= 0.6 is 11.8 Å². The second kappa shape index (κ2) is 14.9. The molecule has 1 rings (SSSR count). The predicted molar refractivity (Wildman–Crippen MR) is 124 cm³/mol. The van der Waals surface area contributed by atoms with Crippen LogP contribution in [-0.2, 0) is 30.4 Å². The first-order chi connectivity index (χ1) is 16.1. The molecule has 8 N–H and O–H groups in total. The van der Waals surface area contributed by atoms with Crippen molar-refractivity contribution in [2.45, 2.75) is 43.4 Å². The number of amides is 3. The Kier molecular flexibility index (Phi) is 12.6. The van der Waals surface area contributed by atoms with Crippen LogP contribution < -0.4 is 21.7 Å². The van der Waals surface area contributed by atoms with Crippen LogP contribution in [0.3, 0.4) is 0 Å². The molecule has 0 radical (unpaired) electrons. The number of aliphatic hydroxyl groups excluding tert-OH is 1. The van der Waals surface area contributed by atoms with Gasteiger partial charge >= 0.3 is 11.9 Å². The van der Waals surface area contributed by atoms with Crippen LogP contribution in [0.25, 0.3) is 0 Å². The smallest absolute Gasteiger partial charge is 0.326 e. The number of carbonyl (C=O) groups is 5. The summed E-state index contributed by atoms with van der Waals surface area (Å²) >= 11 is 1.36. The van der Waals surface area contributed by atoms with Crippen molar-refractivity contribution in [2.24, 2.45) is 5.73 Å². The number of thioether (sulfide) groups is 1. The van der Waals surface area contributed by atoms with Gasteiger partial charge in [-0.2, -0.15) is 11.8 Å². The van der Waals surface area contributed by atoms with E-state index in [2.05, 4.69) is 16.0 Å². The Morgan fingerprint density at radius 2 is 1.47 bits per heavy atom. The van der Waals surface area contributed by atoms with E-state index in [-0.39, 0.29) is 12.8 Å². The molecule has 0 heterocycles. The number of rotatable bonds is 15. The minimum absolute atomic E-state index is 0.0950. The molecule has 0 bridgehead atoms. The standard InChI is InChI=1S/C21H30N4O8S/c1-34-8-7-14(19(30)24-15(21(32)33)10-17(27)28)23-20(31)16(11-26)25-18(29)13(22)9-12-5-3-2-4-6-12/h2-6,13-16,26H,7-11,22H2,1H3,(H,23,31)(H,24,30)(H,25,29)(H,27,28)(H,32,33). The summed E-state index contributed by atoms with van der Waals surface area (Å²) in [6, 6.07) is 3.64. The first-order valence-electron chi connectivity index (χ1n) is 10.3. The lowest BCUT2D eigenvalue weighted by molar-refractivity contribution is -0.147. The number of aliphatic hydroxyl groups is 1. The molecule has 1 aromatic carbocycles. The van der Waals surface area contributed by atoms with Crippen molar-refractivity contribution in [3.05, 3.63) is 35.9 Å². The fourth-order valence-corrected chi connectivity index (χ4v) is 3.33. The van der Waals surface area contributed by atoms with Crippen LogP contribution in [0.2, 0.25) is 0 Å². The number of hydrogen-bond acceptors (Lipinski definition) is 8. The monoisotopic (exact) mass is 498 g/mol. The molecule has 1 aromatic rings. The van der Waals surface area contributed by atoms with Gasteiger partial charge in [-0.05, 0) is 30.4 Å². The van der Waals surface area contributed by atoms with Gasteiger partial charge in [-0.25, -0.2) is 4.79 Å². The van der Waals surface area contributed by atoms with Crippen molar-refractivity contribution in [3.8, 4) is 0 Å². The second-order valence-corrected chi connectivity index (χ2v) is 8.37. The SMILES string of the molecule is CSCCC(NC(=O)C(CO)NC(=O)C(N)Cc1ccccc1)C(=O)NC(CC(=O)O)C(=O)O. The Bertz CT molecular complexity index is 854. The minimum atomic E-state index is -1.69. The zero-order valence-corrected chi connectivity index (χ0v) is 19.4. The molecule has 0 aliphatic rings. The number of carboxylic acid groups (broad SMARTS) is 2. The summed E-state index contributed by atoms with van der Waals surface area (Å²) in [4.78, 5) is 59.7. The van der Waals surface area contributed by atoms with Gasteiger partial charge < -0.3 is 37.0 Å². The molecular formula is C21H30N4O8S. The van der Waals surface area contributed by atoms with E-state index in [1.165, 1.54) is 11.8 Å². The summed E-state index contributed by atoms with van der Waals surface area (Å²) < 4.78 is 0. The van der Waals surface area contributed by atoms with Crippen molar-refractivity contribution in [1.29, 1.82) is 0 Å². The Morgan fingerprint density at radius 3 is 2.00 bits per heavy atom. The van der Waals surface area contributed by atoms with Crippen LogP contribution in [0.1, 0.15) is 18.4 Å². The third-order valence-electron chi connectivity index (χ3n) is 4.69. The molecule has 0 aromatic heterocycles. The van der Waals surface area contributed by atoms with Crippen molar-refractivity contribution in [3.63, 3.8) is 0 Å². The molecule has 0 fully saturated rings. The quantitative estimate of drug-likeness (QED) is 0.146. The van der Waals surface area contributed by atoms with E-state index in [1.807, 2.05) is 6.07 Å². The maximum atomic E-state index is 12.6. The topological polar surface area (TPSA) is 208 Å². The molecule has 0 saturated carbocycles. The highest BCUT2D eigenvalue weighted by Gasteiger charge is 2.30. The highest BCUT2D eigenvalue weighted by atomic mass is 32.2. The van der Waals surface area contributed by atoms with Crippen molar-refractivity contribution < 1.29 is 39.3 Å². The van der Waals surface area contributed by atoms with Gasteiger partial charge in [0.05, 0.1) is 19.1 Å². The predicted octanol–water partition coefficient (Wildman–Crippen LogP) is -1.68. The van der Waals surface area contributed by atoms with E-state index < -0.39 is 66.9 Å². The van der Waals surface area contributed by atoms with Gasteiger partial charge in [-0.15, -0.1) is 0 Å². The molecule has 0 aliphatic heterocycles. The van der Waals surface area contributed by atoms with Crippen LogP contribution in [0, 0.1) is 0 Å². The molecule has 0 aliphatic carbocycles. The third-order valence-corrected chi connectivity index (χ3v) is 5.33. The summed E-state index contributed by atoms with van der Waals surface area (Å²) in [5.74, 6) is -5.02. The lowest BCUT2D eigenvalue weighted by Gasteiger charge is -2.24. The van der Waals surface area contributed by atoms with Gasteiger partial charge in [0, 0.05) is 0 Å². The molecule has 13 heteroatoms. The van der Waals surface area contributed by atoms with Gasteiger partial charge in [-0.1, -0.05) is 30.3 Å². The molecule has 4 atom stereocenters. The Hall–Kier alpha value is -3.16. The van der Waals surface area contributed by atoms with E-state index in [1.54, 1.807) is 30.5 Å². The summed E-state index contributed by atoms with van der Waals surface area (Å²) in [5.41, 5.74) is 6.70. The number of hydrogen-bond donors (Lipinski definition) is 7. The van der Waals surface area contributed by atoms with E-state index in [0.29, 0.717) is 5.75 Å². The largest absolute Gasteiger partial charge is 0.481 e. The van der Waals surface area contributed by atoms with Gasteiger partial charge in [-0.3, -0.25) is 19.2 Å². The Morgan fingerprint density at radius 1 is 0.912 bits per heavy atom. The molecular weight excluding hydrogens is 468 g/mol. The Balaban J connectivity index is 2.81. The number of carboxylic acids is 2. The number of nitrogens with two attached hydrogens (primary N) is 1. The van der Waals surface area contributed by atoms with Gasteiger partial charge in [0.2, 0.25) is 17.7 Å². The van der Waals surface area contributed by atoms with Crippen LogP contribution in [-0.4, -0.2) is 87.8 Å². The normalized spacial score (nSPS) is 14.2. The van der Waals surface area contributed by atoms with Crippen molar-refractivity contribution >= 4 is 41.4 Å². The third kappa shape index (κ3) is 10.2. The lowest BCUT2D eigenvalue weighted by atomic mass is 10.1. The van der Waals surface area contributed by atoms with Gasteiger partial charge in [0.1, 0.15) is 18.1 Å². The average molecular weight is 499 g/mol. The van der Waals surface area contributed by atoms with E-state index in [9.17, 15) is 29.1 Å². The molecule has 3 amide bonds. The second-order valence-electron chi connectivity index (χ2n) is 7.38. The molecule has 4 unspecified atom stereocenters. The molecule has 12 nitrogen and oxygen atoms in total. The fourth-order valence-electron chi connectivity index (χ4n) is 2.86. The summed E-state index contributed by atoms with van der Waals surface area (Å²) in [6.07, 6.45) is 1.20. The average Bonchev–Trinajstić information content (AvgIpc) is 2.79. The molecule has 0 saturated heterocycles. The highest BCUT2D eigenvalue weighted by molar-refractivity contribution is 7.98. The highest BCUT2D eigenvalue weighted by Crippen LogP contribution is 2.05. The maximum Gasteiger partial charge on any atom is 0.326 e. The fraction of sp³-hybridized carbons (Fsp3) is 0.476. The number of nitrogens with one attached hydrogen (secondary N) is 3. The van der Waals surface area contributed by atoms with Crippen LogP contribution in [0.5, 0.6) is 0 Å². The van der Waals surface area contributed by atoms with Crippen molar-refractivity contribution in [1.82, 2.24) is 16.0 Å². The van der Waals surface area contributed by atoms with E-state index in [4.69, 9.17) is 15.9 Å². The molecule has 0 spiro atoms. The minimum Gasteiger partial charge on any atom is -0.481 e. The first kappa shape index (κ1) is 28.9. The zero-order valence-electron chi connectivity index (χ0n) is 18.6. The van der Waals surface area contributed by atoms with E-state index >= 15 is 0 Å². The van der Waals surface area contributed by atoms with Crippen molar-refractivity contribution in [2.75, 3.05) is 18.6 Å². The van der Waals surface area contributed by atoms with E-state index in [0.717, 1.165) is 5.56 Å². The number of aliphatic carboxylic acids is 2.